The van der Waals surface area contributed by atoms with Crippen LogP contribution in [-0.2, 0) is 16.1 Å². The number of ether oxygens (including phenoxy) is 2. The number of methoxy groups -OCH3 is 2. The van der Waals surface area contributed by atoms with Crippen LogP contribution in [0.4, 0.5) is 5.82 Å². The first-order valence-electron chi connectivity index (χ1n) is 4.43. The van der Waals surface area contributed by atoms with Crippen molar-refractivity contribution in [3.8, 4) is 0 Å². The second kappa shape index (κ2) is 5.57. The molecule has 1 unspecified atom stereocenters. The molecule has 84 valence electrons. The van der Waals surface area contributed by atoms with Crippen molar-refractivity contribution in [3.63, 3.8) is 0 Å². The van der Waals surface area contributed by atoms with E-state index in [2.05, 4.69) is 32.6 Å². The van der Waals surface area contributed by atoms with Gasteiger partial charge in [-0.1, -0.05) is 0 Å². The van der Waals surface area contributed by atoms with E-state index in [9.17, 15) is 0 Å². The molecule has 6 heteroatoms. The van der Waals surface area contributed by atoms with E-state index in [-0.39, 0.29) is 6.10 Å². The van der Waals surface area contributed by atoms with Crippen LogP contribution in [0, 0.1) is 3.57 Å². The number of anilines is 1. The molecule has 0 amide bonds. The third-order valence-corrected chi connectivity index (χ3v) is 3.14. The van der Waals surface area contributed by atoms with Crippen LogP contribution in [0.15, 0.2) is 0 Å². The Hall–Kier alpha value is -0.470. The largest absolute Gasteiger partial charge is 0.383 e. The van der Waals surface area contributed by atoms with Gasteiger partial charge in [0.15, 0.2) is 5.82 Å². The highest BCUT2D eigenvalue weighted by molar-refractivity contribution is 14.1. The molecule has 15 heavy (non-hydrogen) atoms. The van der Waals surface area contributed by atoms with E-state index < -0.39 is 0 Å². The van der Waals surface area contributed by atoms with Crippen molar-refractivity contribution in [2.45, 2.75) is 19.6 Å². The minimum atomic E-state index is -0.167. The van der Waals surface area contributed by atoms with E-state index in [1.54, 1.807) is 14.2 Å². The molecule has 5 nitrogen and oxygen atoms in total. The lowest BCUT2D eigenvalue weighted by Crippen LogP contribution is -2.11. The summed E-state index contributed by atoms with van der Waals surface area (Å²) in [6.45, 7) is 2.30. The van der Waals surface area contributed by atoms with Gasteiger partial charge < -0.3 is 15.2 Å². The summed E-state index contributed by atoms with van der Waals surface area (Å²) in [5.41, 5.74) is 6.57. The van der Waals surface area contributed by atoms with Gasteiger partial charge in [0.1, 0.15) is 11.9 Å². The molecule has 0 aromatic carbocycles. The Morgan fingerprint density at radius 1 is 1.40 bits per heavy atom. The van der Waals surface area contributed by atoms with Gasteiger partial charge in [0, 0.05) is 14.2 Å². The third-order valence-electron chi connectivity index (χ3n) is 1.96. The molecule has 0 aliphatic rings. The molecule has 0 aliphatic carbocycles. The van der Waals surface area contributed by atoms with Crippen LogP contribution < -0.4 is 5.73 Å². The Kier molecular flexibility index (Phi) is 4.68. The molecule has 1 rings (SSSR count). The molecule has 0 radical (unpaired) electrons. The van der Waals surface area contributed by atoms with Crippen molar-refractivity contribution in [1.29, 1.82) is 0 Å². The first-order chi connectivity index (χ1) is 7.10. The van der Waals surface area contributed by atoms with E-state index in [1.807, 2.05) is 6.92 Å². The number of hydrogen-bond acceptors (Lipinski definition) is 5. The number of halogens is 1. The van der Waals surface area contributed by atoms with Gasteiger partial charge >= 0.3 is 0 Å². The maximum absolute atomic E-state index is 5.77. The normalized spacial score (nSPS) is 12.8. The van der Waals surface area contributed by atoms with E-state index in [0.717, 1.165) is 9.26 Å². The standard InChI is InChI=1S/C9H14IN3O2/c1-5(15-3)9-12-6(4-14-2)7(10)8(11)13-9/h5H,4H2,1-3H3,(H2,11,12,13). The number of nitrogens with two attached hydrogens (primary N) is 1. The lowest BCUT2D eigenvalue weighted by atomic mass is 10.3. The number of hydrogen-bond donors (Lipinski definition) is 1. The predicted octanol–water partition coefficient (Wildman–Crippen LogP) is 1.52. The average molecular weight is 323 g/mol. The first-order valence-corrected chi connectivity index (χ1v) is 5.51. The monoisotopic (exact) mass is 323 g/mol. The lowest BCUT2D eigenvalue weighted by Gasteiger charge is -2.12. The van der Waals surface area contributed by atoms with Crippen LogP contribution in [0.2, 0.25) is 0 Å². The zero-order valence-corrected chi connectivity index (χ0v) is 11.1. The third kappa shape index (κ3) is 2.99. The number of nitrogen functional groups attached to an aromatic ring is 1. The van der Waals surface area contributed by atoms with Crippen LogP contribution >= 0.6 is 22.6 Å². The van der Waals surface area contributed by atoms with Crippen LogP contribution in [0.25, 0.3) is 0 Å². The fourth-order valence-corrected chi connectivity index (χ4v) is 1.45. The van der Waals surface area contributed by atoms with Crippen molar-refractivity contribution in [2.75, 3.05) is 20.0 Å². The van der Waals surface area contributed by atoms with Crippen LogP contribution in [-0.4, -0.2) is 24.2 Å². The molecule has 2 N–H and O–H groups in total. The van der Waals surface area contributed by atoms with Crippen molar-refractivity contribution in [3.05, 3.63) is 15.1 Å². The molecule has 0 saturated carbocycles. The number of nitrogens with zero attached hydrogens (tertiary/aromatic N) is 2. The smallest absolute Gasteiger partial charge is 0.159 e. The van der Waals surface area contributed by atoms with E-state index in [0.29, 0.717) is 18.2 Å². The summed E-state index contributed by atoms with van der Waals surface area (Å²) < 4.78 is 11.0. The highest BCUT2D eigenvalue weighted by Crippen LogP contribution is 2.20. The van der Waals surface area contributed by atoms with Gasteiger partial charge in [-0.15, -0.1) is 0 Å². The summed E-state index contributed by atoms with van der Waals surface area (Å²) in [7, 11) is 3.23. The summed E-state index contributed by atoms with van der Waals surface area (Å²) in [4.78, 5) is 8.51. The zero-order valence-electron chi connectivity index (χ0n) is 8.95. The molecule has 0 aliphatic heterocycles. The molecule has 1 aromatic rings. The SMILES string of the molecule is COCc1nc(C(C)OC)nc(N)c1I. The molecular formula is C9H14IN3O2. The Morgan fingerprint density at radius 3 is 2.60 bits per heavy atom. The fraction of sp³-hybridized carbons (Fsp3) is 0.556. The van der Waals surface area contributed by atoms with Crippen molar-refractivity contribution >= 4 is 28.4 Å². The van der Waals surface area contributed by atoms with Gasteiger partial charge in [0.25, 0.3) is 0 Å². The van der Waals surface area contributed by atoms with Crippen molar-refractivity contribution < 1.29 is 9.47 Å². The zero-order chi connectivity index (χ0) is 11.4. The molecule has 1 atom stereocenters. The summed E-state index contributed by atoms with van der Waals surface area (Å²) in [5, 5.41) is 0. The summed E-state index contributed by atoms with van der Waals surface area (Å²) in [5.74, 6) is 1.05. The van der Waals surface area contributed by atoms with Gasteiger partial charge in [-0.25, -0.2) is 9.97 Å². The summed E-state index contributed by atoms with van der Waals surface area (Å²) >= 11 is 2.11. The van der Waals surface area contributed by atoms with Gasteiger partial charge in [0.2, 0.25) is 0 Å². The fourth-order valence-electron chi connectivity index (χ4n) is 1.05. The second-order valence-corrected chi connectivity index (χ2v) is 4.12. The average Bonchev–Trinajstić information content (AvgIpc) is 2.23. The van der Waals surface area contributed by atoms with Crippen LogP contribution in [0.3, 0.4) is 0 Å². The maximum Gasteiger partial charge on any atom is 0.159 e. The molecule has 0 spiro atoms. The Balaban J connectivity index is 3.11. The van der Waals surface area contributed by atoms with Gasteiger partial charge in [0.05, 0.1) is 15.9 Å². The second-order valence-electron chi connectivity index (χ2n) is 3.04. The van der Waals surface area contributed by atoms with Gasteiger partial charge in [-0.05, 0) is 29.5 Å². The molecule has 1 heterocycles. The Morgan fingerprint density at radius 2 is 2.07 bits per heavy atom. The van der Waals surface area contributed by atoms with Crippen molar-refractivity contribution in [1.82, 2.24) is 9.97 Å². The van der Waals surface area contributed by atoms with E-state index >= 15 is 0 Å². The molecular weight excluding hydrogens is 309 g/mol. The van der Waals surface area contributed by atoms with E-state index in [1.165, 1.54) is 0 Å². The van der Waals surface area contributed by atoms with E-state index in [4.69, 9.17) is 15.2 Å². The molecule has 0 saturated heterocycles. The van der Waals surface area contributed by atoms with Crippen molar-refractivity contribution in [2.24, 2.45) is 0 Å². The van der Waals surface area contributed by atoms with Crippen LogP contribution in [0.1, 0.15) is 24.5 Å². The number of rotatable bonds is 4. The highest BCUT2D eigenvalue weighted by atomic mass is 127. The van der Waals surface area contributed by atoms with Gasteiger partial charge in [-0.2, -0.15) is 0 Å². The summed E-state index contributed by atoms with van der Waals surface area (Å²) in [6.07, 6.45) is -0.167. The minimum Gasteiger partial charge on any atom is -0.383 e. The molecule has 0 fully saturated rings. The lowest BCUT2D eigenvalue weighted by molar-refractivity contribution is 0.111. The Labute approximate surface area is 103 Å². The van der Waals surface area contributed by atoms with Crippen LogP contribution in [0.5, 0.6) is 0 Å². The predicted molar refractivity (Wildman–Crippen MR) is 65.3 cm³/mol. The topological polar surface area (TPSA) is 70.3 Å². The van der Waals surface area contributed by atoms with Gasteiger partial charge in [-0.3, -0.25) is 0 Å². The number of aromatic nitrogens is 2. The highest BCUT2D eigenvalue weighted by Gasteiger charge is 2.14. The minimum absolute atomic E-state index is 0.167. The molecule has 1 aromatic heterocycles. The molecule has 0 bridgehead atoms. The summed E-state index contributed by atoms with van der Waals surface area (Å²) in [6, 6.07) is 0. The Bertz CT molecular complexity index is 346. The maximum atomic E-state index is 5.77. The first kappa shape index (κ1) is 12.6. The quantitative estimate of drug-likeness (QED) is 0.851.